The van der Waals surface area contributed by atoms with E-state index in [4.69, 9.17) is 17.0 Å². The van der Waals surface area contributed by atoms with Crippen LogP contribution in [0.3, 0.4) is 0 Å². The Labute approximate surface area is 151 Å². The van der Waals surface area contributed by atoms with E-state index in [1.54, 1.807) is 21.0 Å². The van der Waals surface area contributed by atoms with Crippen LogP contribution in [0, 0.1) is 6.92 Å². The fourth-order valence-electron chi connectivity index (χ4n) is 2.63. The van der Waals surface area contributed by atoms with Crippen LogP contribution < -0.4 is 5.32 Å². The molecule has 0 atom stereocenters. The molecule has 24 heavy (non-hydrogen) atoms. The fourth-order valence-corrected chi connectivity index (χ4v) is 4.19. The molecule has 1 saturated heterocycles. The zero-order valence-corrected chi connectivity index (χ0v) is 16.1. The van der Waals surface area contributed by atoms with Crippen LogP contribution in [0.5, 0.6) is 0 Å². The lowest BCUT2D eigenvalue weighted by Crippen LogP contribution is -2.38. The molecular weight excluding hydrogens is 346 g/mol. The first kappa shape index (κ1) is 18.7. The van der Waals surface area contributed by atoms with Crippen LogP contribution in [-0.4, -0.2) is 61.1 Å². The van der Waals surface area contributed by atoms with Crippen LogP contribution in [0.1, 0.15) is 44.9 Å². The van der Waals surface area contributed by atoms with Crippen molar-refractivity contribution in [1.29, 1.82) is 0 Å². The summed E-state index contributed by atoms with van der Waals surface area (Å²) in [6, 6.07) is 0. The molecule has 1 aliphatic heterocycles. The zero-order valence-electron chi connectivity index (χ0n) is 14.5. The molecule has 6 nitrogen and oxygen atoms in total. The van der Waals surface area contributed by atoms with Crippen molar-refractivity contribution in [2.24, 2.45) is 0 Å². The molecule has 1 N–H and O–H groups in total. The molecular formula is C16H23N3O3S2. The van der Waals surface area contributed by atoms with Crippen molar-refractivity contribution in [1.82, 2.24) is 9.80 Å². The average molecular weight is 370 g/mol. The smallest absolute Gasteiger partial charge is 0.341 e. The number of anilines is 1. The van der Waals surface area contributed by atoms with E-state index in [1.165, 1.54) is 29.8 Å². The topological polar surface area (TPSA) is 61.9 Å². The van der Waals surface area contributed by atoms with Crippen LogP contribution in [0.15, 0.2) is 0 Å². The maximum absolute atomic E-state index is 12.3. The first-order valence-corrected chi connectivity index (χ1v) is 9.08. The van der Waals surface area contributed by atoms with Gasteiger partial charge in [-0.25, -0.2) is 4.79 Å². The normalized spacial score (nSPS) is 14.2. The lowest BCUT2D eigenvalue weighted by molar-refractivity contribution is 0.0601. The number of carbonyl (C=O) groups is 2. The van der Waals surface area contributed by atoms with Crippen molar-refractivity contribution in [3.63, 3.8) is 0 Å². The van der Waals surface area contributed by atoms with Gasteiger partial charge in [0.2, 0.25) is 0 Å². The molecule has 1 aromatic rings. The molecule has 1 aromatic heterocycles. The van der Waals surface area contributed by atoms with Gasteiger partial charge in [0, 0.05) is 27.2 Å². The maximum Gasteiger partial charge on any atom is 0.341 e. The Hall–Kier alpha value is -1.67. The van der Waals surface area contributed by atoms with Crippen LogP contribution in [-0.2, 0) is 4.74 Å². The highest BCUT2D eigenvalue weighted by Gasteiger charge is 2.27. The minimum absolute atomic E-state index is 0.139. The highest BCUT2D eigenvalue weighted by Crippen LogP contribution is 2.34. The first-order valence-electron chi connectivity index (χ1n) is 7.86. The number of likely N-dealkylation sites (tertiary alicyclic amines) is 1. The second-order valence-electron chi connectivity index (χ2n) is 5.93. The molecule has 132 valence electrons. The number of amides is 1. The van der Waals surface area contributed by atoms with E-state index in [9.17, 15) is 9.59 Å². The largest absolute Gasteiger partial charge is 0.465 e. The van der Waals surface area contributed by atoms with E-state index in [0.29, 0.717) is 26.1 Å². The summed E-state index contributed by atoms with van der Waals surface area (Å²) in [5.41, 5.74) is 1.00. The molecule has 2 rings (SSSR count). The van der Waals surface area contributed by atoms with Gasteiger partial charge in [-0.15, -0.1) is 11.3 Å². The summed E-state index contributed by atoms with van der Waals surface area (Å²) < 4.78 is 4.88. The predicted molar refractivity (Wildman–Crippen MR) is 100 cm³/mol. The van der Waals surface area contributed by atoms with Crippen LogP contribution in [0.25, 0.3) is 0 Å². The molecule has 2 heterocycles. The molecule has 0 aromatic carbocycles. The molecule has 8 heteroatoms. The number of piperidine rings is 1. The third-order valence-corrected chi connectivity index (χ3v) is 5.56. The molecule has 0 aliphatic carbocycles. The first-order chi connectivity index (χ1) is 11.4. The predicted octanol–water partition coefficient (Wildman–Crippen LogP) is 2.73. The molecule has 0 bridgehead atoms. The van der Waals surface area contributed by atoms with E-state index in [1.807, 2.05) is 0 Å². The van der Waals surface area contributed by atoms with Gasteiger partial charge in [-0.1, -0.05) is 0 Å². The van der Waals surface area contributed by atoms with Gasteiger partial charge in [-0.05, 0) is 44.0 Å². The Morgan fingerprint density at radius 2 is 1.88 bits per heavy atom. The number of thiocarbonyl (C=S) groups is 1. The van der Waals surface area contributed by atoms with E-state index < -0.39 is 5.97 Å². The summed E-state index contributed by atoms with van der Waals surface area (Å²) in [6.45, 7) is 3.58. The summed E-state index contributed by atoms with van der Waals surface area (Å²) in [7, 11) is 4.70. The molecule has 0 unspecified atom stereocenters. The van der Waals surface area contributed by atoms with Crippen molar-refractivity contribution < 1.29 is 14.3 Å². The number of ether oxygens (including phenoxy) is 1. The number of methoxy groups -OCH3 is 1. The van der Waals surface area contributed by atoms with Gasteiger partial charge in [0.1, 0.15) is 5.00 Å². The Kier molecular flexibility index (Phi) is 6.17. The minimum atomic E-state index is -0.467. The number of hydrogen-bond donors (Lipinski definition) is 1. The van der Waals surface area contributed by atoms with Crippen molar-refractivity contribution in [3.8, 4) is 0 Å². The standard InChI is InChI=1S/C16H23N3O3S2/c1-10-11(15(21)22-4)13(24-12(10)14(20)18(2)3)17-16(23)19-8-6-5-7-9-19/h5-9H2,1-4H3,(H,17,23). The van der Waals surface area contributed by atoms with Crippen molar-refractivity contribution in [2.75, 3.05) is 39.6 Å². The zero-order chi connectivity index (χ0) is 17.9. The summed E-state index contributed by atoms with van der Waals surface area (Å²) in [5.74, 6) is -0.606. The molecule has 1 aliphatic rings. The van der Waals surface area contributed by atoms with Crippen LogP contribution in [0.4, 0.5) is 5.00 Å². The van der Waals surface area contributed by atoms with Gasteiger partial charge >= 0.3 is 5.97 Å². The van der Waals surface area contributed by atoms with Crippen LogP contribution in [0.2, 0.25) is 0 Å². The Morgan fingerprint density at radius 1 is 1.25 bits per heavy atom. The van der Waals surface area contributed by atoms with E-state index >= 15 is 0 Å². The number of carbonyl (C=O) groups excluding carboxylic acids is 2. The molecule has 1 fully saturated rings. The number of hydrogen-bond acceptors (Lipinski definition) is 5. The third-order valence-electron chi connectivity index (χ3n) is 4.00. The highest BCUT2D eigenvalue weighted by atomic mass is 32.1. The quantitative estimate of drug-likeness (QED) is 0.653. The monoisotopic (exact) mass is 369 g/mol. The van der Waals surface area contributed by atoms with Gasteiger partial charge in [0.05, 0.1) is 17.6 Å². The fraction of sp³-hybridized carbons (Fsp3) is 0.562. The van der Waals surface area contributed by atoms with E-state index in [0.717, 1.165) is 25.9 Å². The van der Waals surface area contributed by atoms with Crippen molar-refractivity contribution >= 4 is 45.5 Å². The van der Waals surface area contributed by atoms with E-state index in [2.05, 4.69) is 10.2 Å². The number of nitrogens with zero attached hydrogens (tertiary/aromatic N) is 2. The summed E-state index contributed by atoms with van der Waals surface area (Å²) in [5, 5.41) is 4.31. The average Bonchev–Trinajstić information content (AvgIpc) is 2.90. The molecule has 0 saturated carbocycles. The Morgan fingerprint density at radius 3 is 2.42 bits per heavy atom. The molecule has 1 amide bonds. The molecule has 0 radical (unpaired) electrons. The number of rotatable bonds is 3. The summed E-state index contributed by atoms with van der Waals surface area (Å²) >= 11 is 6.72. The number of nitrogens with one attached hydrogen (secondary N) is 1. The van der Waals surface area contributed by atoms with Gasteiger partial charge in [-0.3, -0.25) is 4.79 Å². The lowest BCUT2D eigenvalue weighted by Gasteiger charge is -2.29. The molecule has 0 spiro atoms. The maximum atomic E-state index is 12.3. The number of esters is 1. The Bertz CT molecular complexity index is 649. The van der Waals surface area contributed by atoms with Crippen LogP contribution >= 0.6 is 23.6 Å². The Balaban J connectivity index is 2.33. The second-order valence-corrected chi connectivity index (χ2v) is 7.34. The van der Waals surface area contributed by atoms with Gasteiger partial charge < -0.3 is 19.9 Å². The van der Waals surface area contributed by atoms with E-state index in [-0.39, 0.29) is 5.91 Å². The van der Waals surface area contributed by atoms with Crippen molar-refractivity contribution in [2.45, 2.75) is 26.2 Å². The summed E-state index contributed by atoms with van der Waals surface area (Å²) in [4.78, 5) is 28.6. The lowest BCUT2D eigenvalue weighted by atomic mass is 10.1. The second kappa shape index (κ2) is 7.94. The van der Waals surface area contributed by atoms with Gasteiger partial charge in [0.25, 0.3) is 5.91 Å². The highest BCUT2D eigenvalue weighted by molar-refractivity contribution is 7.80. The third kappa shape index (κ3) is 3.87. The van der Waals surface area contributed by atoms with Gasteiger partial charge in [0.15, 0.2) is 5.11 Å². The SMILES string of the molecule is COC(=O)c1c(NC(=S)N2CCCCC2)sc(C(=O)N(C)C)c1C. The number of thiophene rings is 1. The van der Waals surface area contributed by atoms with Gasteiger partial charge in [-0.2, -0.15) is 0 Å². The minimum Gasteiger partial charge on any atom is -0.465 e. The van der Waals surface area contributed by atoms with Crippen molar-refractivity contribution in [3.05, 3.63) is 16.0 Å². The summed E-state index contributed by atoms with van der Waals surface area (Å²) in [6.07, 6.45) is 3.44.